The molecule has 0 bridgehead atoms. The number of benzene rings is 6. The first-order valence-electron chi connectivity index (χ1n) is 27.8. The van der Waals surface area contributed by atoms with Gasteiger partial charge in [-0.3, -0.25) is 4.79 Å². The molecular weight excluding hydrogens is 1140 g/mol. The summed E-state index contributed by atoms with van der Waals surface area (Å²) in [4.78, 5) is 40.8. The number of aliphatic hydroxyl groups excluding tert-OH is 4. The third kappa shape index (κ3) is 14.6. The molecule has 85 heavy (non-hydrogen) atoms. The quantitative estimate of drug-likeness (QED) is 0.0360. The molecule has 4 aliphatic heterocycles. The van der Waals surface area contributed by atoms with Gasteiger partial charge in [0.25, 0.3) is 17.9 Å². The molecule has 2 aromatic heterocycles. The molecule has 0 spiro atoms. The van der Waals surface area contributed by atoms with Gasteiger partial charge in [-0.05, 0) is 89.0 Å². The normalized spacial score (nSPS) is 21.2. The Bertz CT molecular complexity index is 3510. The van der Waals surface area contributed by atoms with Crippen molar-refractivity contribution in [3.63, 3.8) is 0 Å². The van der Waals surface area contributed by atoms with Crippen molar-refractivity contribution in [2.24, 2.45) is 0 Å². The number of carbonyl (C=O) groups excluding carboxylic acids is 1. The van der Waals surface area contributed by atoms with Crippen LogP contribution < -0.4 is 14.8 Å². The van der Waals surface area contributed by atoms with Crippen molar-refractivity contribution in [3.05, 3.63) is 142 Å². The lowest BCUT2D eigenvalue weighted by molar-refractivity contribution is 0.00704. The number of imidazole rings is 2. The molecule has 6 aromatic carbocycles. The van der Waals surface area contributed by atoms with E-state index in [9.17, 15) is 19.8 Å². The van der Waals surface area contributed by atoms with Crippen LogP contribution in [-0.4, -0.2) is 204 Å². The fourth-order valence-corrected chi connectivity index (χ4v) is 10.8. The number of H-pyrrole nitrogens is 2. The van der Waals surface area contributed by atoms with Crippen LogP contribution in [0.4, 0.5) is 0 Å². The number of hydrogen-bond acceptors (Lipinski definition) is 17. The van der Waals surface area contributed by atoms with Crippen molar-refractivity contribution in [1.29, 1.82) is 0 Å². The number of fused-ring (bicyclic) bond motifs is 4. The van der Waals surface area contributed by atoms with Crippen molar-refractivity contribution >= 4 is 57.1 Å². The van der Waals surface area contributed by atoms with Crippen LogP contribution in [0, 0.1) is 0 Å². The van der Waals surface area contributed by atoms with E-state index < -0.39 is 18.2 Å². The minimum Gasteiger partial charge on any atom is -0.478 e. The van der Waals surface area contributed by atoms with Crippen LogP contribution in [0.1, 0.15) is 20.7 Å². The molecular formula is C62H66Cl2N6O15. The number of aliphatic hydroxyl groups is 4. The molecule has 12 rings (SSSR count). The maximum Gasteiger partial charge on any atom is 0.335 e. The monoisotopic (exact) mass is 1200 g/mol. The number of carbonyl (C=O) groups is 2. The molecule has 4 fully saturated rings. The summed E-state index contributed by atoms with van der Waals surface area (Å²) in [6.07, 6.45) is -3.39. The molecule has 0 unspecified atom stereocenters. The van der Waals surface area contributed by atoms with Gasteiger partial charge < -0.3 is 83.6 Å². The SMILES string of the molecule is CN(CCOCCO)C(=O)c1ccc(-c2ccc(-c3cc4nc(O[C@@H]5CO[C@H]6[C@@H]5OC[C@H]6O)[nH]c4cc3Cl)cc2)cc1.CNCCOCCO.O=C(O)c1ccc(-c2ccc(-c3cc4nc(O[C@@H]5CO[C@H]6[C@@H]5OC[C@H]6O)[nH]c4cc3Cl)cc2)cc1. The molecule has 21 nitrogen and oxygen atoms in total. The van der Waals surface area contributed by atoms with Crippen LogP contribution in [0.5, 0.6) is 12.0 Å². The van der Waals surface area contributed by atoms with Crippen molar-refractivity contribution in [2.45, 2.75) is 48.8 Å². The van der Waals surface area contributed by atoms with Crippen molar-refractivity contribution in [3.8, 4) is 56.5 Å². The van der Waals surface area contributed by atoms with Gasteiger partial charge in [0.2, 0.25) is 0 Å². The number of aromatic nitrogens is 4. The van der Waals surface area contributed by atoms with Crippen LogP contribution in [0.3, 0.4) is 0 Å². The largest absolute Gasteiger partial charge is 0.478 e. The Hall–Kier alpha value is -7.06. The minimum absolute atomic E-state index is 0.0374. The van der Waals surface area contributed by atoms with E-state index in [2.05, 4.69) is 25.3 Å². The van der Waals surface area contributed by atoms with Gasteiger partial charge in [-0.25, -0.2) is 4.79 Å². The topological polar surface area (TPSA) is 282 Å². The van der Waals surface area contributed by atoms with E-state index in [0.717, 1.165) is 62.1 Å². The van der Waals surface area contributed by atoms with Crippen LogP contribution >= 0.6 is 23.2 Å². The maximum atomic E-state index is 12.7. The van der Waals surface area contributed by atoms with Gasteiger partial charge in [0.1, 0.15) is 36.6 Å². The molecule has 6 heterocycles. The highest BCUT2D eigenvalue weighted by atomic mass is 35.5. The van der Waals surface area contributed by atoms with Crippen molar-refractivity contribution in [2.75, 3.05) is 93.3 Å². The summed E-state index contributed by atoms with van der Waals surface area (Å²) in [6, 6.07) is 38.3. The lowest BCUT2D eigenvalue weighted by Gasteiger charge is -2.17. The number of aromatic amines is 2. The molecule has 448 valence electrons. The summed E-state index contributed by atoms with van der Waals surface area (Å²) in [5, 5.41) is 50.0. The predicted octanol–water partition coefficient (Wildman–Crippen LogP) is 6.91. The van der Waals surface area contributed by atoms with Gasteiger partial charge in [0.05, 0.1) is 104 Å². The third-order valence-corrected chi connectivity index (χ3v) is 15.4. The lowest BCUT2D eigenvalue weighted by atomic mass is 9.99. The highest BCUT2D eigenvalue weighted by Crippen LogP contribution is 2.37. The zero-order valence-corrected chi connectivity index (χ0v) is 48.1. The summed E-state index contributed by atoms with van der Waals surface area (Å²) in [6.45, 7) is 4.24. The second kappa shape index (κ2) is 28.4. The van der Waals surface area contributed by atoms with E-state index >= 15 is 0 Å². The van der Waals surface area contributed by atoms with Gasteiger partial charge in [-0.15, -0.1) is 0 Å². The number of nitrogens with one attached hydrogen (secondary N) is 3. The first-order valence-corrected chi connectivity index (χ1v) is 28.5. The molecule has 8 aromatic rings. The zero-order chi connectivity index (χ0) is 59.6. The Morgan fingerprint density at radius 2 is 0.976 bits per heavy atom. The molecule has 0 aliphatic carbocycles. The van der Waals surface area contributed by atoms with Crippen LogP contribution in [0.2, 0.25) is 10.0 Å². The van der Waals surface area contributed by atoms with Crippen LogP contribution in [0.25, 0.3) is 66.6 Å². The van der Waals surface area contributed by atoms with E-state index in [4.69, 9.17) is 76.4 Å². The Balaban J connectivity index is 0.000000170. The van der Waals surface area contributed by atoms with E-state index in [-0.39, 0.29) is 81.1 Å². The number of halogens is 2. The number of nitrogens with zero attached hydrogens (tertiary/aromatic N) is 3. The predicted molar refractivity (Wildman–Crippen MR) is 317 cm³/mol. The molecule has 23 heteroatoms. The number of aromatic carboxylic acids is 1. The summed E-state index contributed by atoms with van der Waals surface area (Å²) in [7, 11) is 3.59. The summed E-state index contributed by atoms with van der Waals surface area (Å²) < 4.78 is 44.7. The fourth-order valence-electron chi connectivity index (χ4n) is 10.3. The summed E-state index contributed by atoms with van der Waals surface area (Å²) >= 11 is 13.3. The Kier molecular flexibility index (Phi) is 20.4. The van der Waals surface area contributed by atoms with E-state index in [1.54, 1.807) is 36.2 Å². The minimum atomic E-state index is -0.949. The second-order valence-corrected chi connectivity index (χ2v) is 21.4. The van der Waals surface area contributed by atoms with Crippen molar-refractivity contribution in [1.82, 2.24) is 30.2 Å². The van der Waals surface area contributed by atoms with Gasteiger partial charge in [0, 0.05) is 36.8 Å². The lowest BCUT2D eigenvalue weighted by Crippen LogP contribution is -2.34. The Labute approximate surface area is 499 Å². The zero-order valence-electron chi connectivity index (χ0n) is 46.6. The number of likely N-dealkylation sites (N-methyl/N-ethyl adjacent to an activating group) is 2. The standard InChI is InChI=1S/C31H32ClN3O7.C26H21ClN2O6.C5H13NO2/c1-35(10-12-39-13-11-36)30(38)21-8-4-19(5-9-21)18-2-6-20(7-3-18)22-14-24-25(15-23(22)32)34-31(33-24)42-27-17-41-28-26(37)16-40-29(27)28;27-18-10-20-19(28-26(29-20)35-22-12-34-23-21(30)11-33-24(22)23)9-17(18)15-5-1-13(2-6-15)14-3-7-16(8-4-14)25(31)32;1-6-2-4-8-5-3-7/h2-9,14-15,26-29,36-37H,10-13,16-17H2,1H3,(H,33,34);1-10,21-24,30H,11-12H2,(H,28,29)(H,31,32);6-7H,2-5H2,1H3/t26-,27-,28-,29-;21-,22-,23-,24-;/m11./s1. The molecule has 4 aliphatic rings. The van der Waals surface area contributed by atoms with Gasteiger partial charge in [-0.2, -0.15) is 9.97 Å². The number of carboxylic acids is 1. The highest BCUT2D eigenvalue weighted by Gasteiger charge is 2.50. The number of hydrogen-bond donors (Lipinski definition) is 8. The Morgan fingerprint density at radius 1 is 0.576 bits per heavy atom. The van der Waals surface area contributed by atoms with E-state index in [0.29, 0.717) is 78.2 Å². The van der Waals surface area contributed by atoms with Gasteiger partial charge in [-0.1, -0.05) is 96.0 Å². The van der Waals surface area contributed by atoms with Crippen molar-refractivity contribution < 1.29 is 73.0 Å². The number of ether oxygens (including phenoxy) is 8. The fraction of sp³-hybridized carbons (Fsp3) is 0.355. The van der Waals surface area contributed by atoms with Crippen LogP contribution in [-0.2, 0) is 28.4 Å². The van der Waals surface area contributed by atoms with Gasteiger partial charge >= 0.3 is 5.97 Å². The molecule has 0 saturated carbocycles. The highest BCUT2D eigenvalue weighted by molar-refractivity contribution is 6.34. The Morgan fingerprint density at radius 3 is 1.40 bits per heavy atom. The number of amides is 1. The van der Waals surface area contributed by atoms with E-state index in [1.165, 1.54) is 0 Å². The number of rotatable bonds is 20. The summed E-state index contributed by atoms with van der Waals surface area (Å²) in [5.74, 6) is -1.04. The van der Waals surface area contributed by atoms with Gasteiger partial charge in [0.15, 0.2) is 12.2 Å². The molecule has 8 atom stereocenters. The first-order chi connectivity index (χ1) is 41.3. The number of carboxylic acid groups (broad SMARTS) is 1. The molecule has 1 amide bonds. The maximum absolute atomic E-state index is 12.7. The van der Waals surface area contributed by atoms with E-state index in [1.807, 2.05) is 104 Å². The third-order valence-electron chi connectivity index (χ3n) is 14.8. The average molecular weight is 1210 g/mol. The second-order valence-electron chi connectivity index (χ2n) is 20.5. The summed E-state index contributed by atoms with van der Waals surface area (Å²) in [5.41, 5.74) is 11.2. The molecule has 0 radical (unpaired) electrons. The molecule has 4 saturated heterocycles. The first kappa shape index (κ1) is 61.0. The average Bonchev–Trinajstić information content (AvgIpc) is 4.08. The van der Waals surface area contributed by atoms with Crippen LogP contribution in [0.15, 0.2) is 121 Å². The smallest absolute Gasteiger partial charge is 0.335 e. The molecule has 8 N–H and O–H groups in total.